The minimum Gasteiger partial charge on any atom is -0.389 e. The third-order valence-corrected chi connectivity index (χ3v) is 3.37. The Morgan fingerprint density at radius 2 is 2.22 bits per heavy atom. The van der Waals surface area contributed by atoms with Crippen molar-refractivity contribution < 1.29 is 9.84 Å². The first-order valence-corrected chi connectivity index (χ1v) is 6.85. The van der Waals surface area contributed by atoms with Crippen molar-refractivity contribution in [1.29, 1.82) is 0 Å². The lowest BCUT2D eigenvalue weighted by molar-refractivity contribution is 0.0131. The molecular weight excluding hydrogens is 226 g/mol. The second-order valence-electron chi connectivity index (χ2n) is 5.46. The molecule has 0 saturated heterocycles. The summed E-state index contributed by atoms with van der Waals surface area (Å²) in [5.41, 5.74) is 1.07. The Morgan fingerprint density at radius 1 is 1.50 bits per heavy atom. The van der Waals surface area contributed by atoms with E-state index in [1.165, 1.54) is 0 Å². The van der Waals surface area contributed by atoms with Gasteiger partial charge in [-0.3, -0.25) is 0 Å². The molecule has 0 aromatic rings. The van der Waals surface area contributed by atoms with Gasteiger partial charge in [0.15, 0.2) is 0 Å². The number of hydrogen-bond acceptors (Lipinski definition) is 3. The summed E-state index contributed by atoms with van der Waals surface area (Å²) in [6.45, 7) is 10.5. The largest absolute Gasteiger partial charge is 0.389 e. The molecule has 0 bridgehead atoms. The molecule has 2 N–H and O–H groups in total. The van der Waals surface area contributed by atoms with E-state index >= 15 is 0 Å². The fourth-order valence-corrected chi connectivity index (χ4v) is 2.11. The van der Waals surface area contributed by atoms with E-state index in [0.717, 1.165) is 31.6 Å². The van der Waals surface area contributed by atoms with E-state index < -0.39 is 6.10 Å². The standard InChI is InChI=1S/C15H27NO2/c1-12(2)8-16-9-15(17)11-18-10-14-7-5-4-6-13(14)3/h4-5,13-17H,1,6-11H2,2-3H3. The van der Waals surface area contributed by atoms with Gasteiger partial charge < -0.3 is 15.2 Å². The van der Waals surface area contributed by atoms with Crippen molar-refractivity contribution in [2.24, 2.45) is 11.8 Å². The molecule has 1 rings (SSSR count). The second-order valence-corrected chi connectivity index (χ2v) is 5.46. The first-order valence-electron chi connectivity index (χ1n) is 6.85. The summed E-state index contributed by atoms with van der Waals surface area (Å²) in [5.74, 6) is 1.29. The molecule has 3 unspecified atom stereocenters. The molecule has 1 aliphatic carbocycles. The zero-order valence-corrected chi connectivity index (χ0v) is 11.7. The Kier molecular flexibility index (Phi) is 7.25. The fraction of sp³-hybridized carbons (Fsp3) is 0.733. The molecule has 18 heavy (non-hydrogen) atoms. The van der Waals surface area contributed by atoms with Crippen LogP contribution in [0.5, 0.6) is 0 Å². The van der Waals surface area contributed by atoms with Crippen LogP contribution in [0.15, 0.2) is 24.3 Å². The molecule has 1 aliphatic rings. The quantitative estimate of drug-likeness (QED) is 0.651. The van der Waals surface area contributed by atoms with Gasteiger partial charge in [-0.1, -0.05) is 31.2 Å². The zero-order valence-electron chi connectivity index (χ0n) is 11.7. The Bertz CT molecular complexity index is 276. The highest BCUT2D eigenvalue weighted by Gasteiger charge is 2.18. The van der Waals surface area contributed by atoms with E-state index in [2.05, 4.69) is 31.0 Å². The van der Waals surface area contributed by atoms with Crippen molar-refractivity contribution in [3.63, 3.8) is 0 Å². The van der Waals surface area contributed by atoms with Crippen LogP contribution < -0.4 is 5.32 Å². The lowest BCUT2D eigenvalue weighted by atomic mass is 9.85. The first-order chi connectivity index (χ1) is 8.59. The Hall–Kier alpha value is -0.640. The molecule has 3 atom stereocenters. The summed E-state index contributed by atoms with van der Waals surface area (Å²) in [6.07, 6.45) is 6.30. The topological polar surface area (TPSA) is 41.5 Å². The van der Waals surface area contributed by atoms with E-state index in [0.29, 0.717) is 25.0 Å². The van der Waals surface area contributed by atoms with Gasteiger partial charge in [0, 0.05) is 13.1 Å². The highest BCUT2D eigenvalue weighted by molar-refractivity contribution is 4.93. The maximum absolute atomic E-state index is 9.73. The van der Waals surface area contributed by atoms with Crippen LogP contribution in [-0.2, 0) is 4.74 Å². The van der Waals surface area contributed by atoms with Gasteiger partial charge in [-0.2, -0.15) is 0 Å². The third-order valence-electron chi connectivity index (χ3n) is 3.37. The van der Waals surface area contributed by atoms with Gasteiger partial charge in [-0.25, -0.2) is 0 Å². The third kappa shape index (κ3) is 6.34. The molecule has 104 valence electrons. The monoisotopic (exact) mass is 253 g/mol. The maximum Gasteiger partial charge on any atom is 0.0897 e. The van der Waals surface area contributed by atoms with E-state index in [-0.39, 0.29) is 0 Å². The van der Waals surface area contributed by atoms with Crippen molar-refractivity contribution in [3.8, 4) is 0 Å². The van der Waals surface area contributed by atoms with Gasteiger partial charge in [-0.15, -0.1) is 0 Å². The van der Waals surface area contributed by atoms with E-state index in [1.807, 2.05) is 6.92 Å². The van der Waals surface area contributed by atoms with Gasteiger partial charge in [0.25, 0.3) is 0 Å². The first kappa shape index (κ1) is 15.4. The van der Waals surface area contributed by atoms with Crippen LogP contribution in [0.25, 0.3) is 0 Å². The Balaban J connectivity index is 2.06. The number of nitrogens with one attached hydrogen (secondary N) is 1. The highest BCUT2D eigenvalue weighted by atomic mass is 16.5. The van der Waals surface area contributed by atoms with Gasteiger partial charge in [0.1, 0.15) is 0 Å². The van der Waals surface area contributed by atoms with Crippen molar-refractivity contribution >= 4 is 0 Å². The van der Waals surface area contributed by atoms with Crippen molar-refractivity contribution in [2.75, 3.05) is 26.3 Å². The number of aliphatic hydroxyl groups is 1. The molecular formula is C15H27NO2. The lowest BCUT2D eigenvalue weighted by Crippen LogP contribution is -2.32. The predicted molar refractivity (Wildman–Crippen MR) is 75.5 cm³/mol. The zero-order chi connectivity index (χ0) is 13.4. The summed E-state index contributed by atoms with van der Waals surface area (Å²) >= 11 is 0. The van der Waals surface area contributed by atoms with Crippen LogP contribution in [0, 0.1) is 11.8 Å². The minimum absolute atomic E-state index is 0.413. The van der Waals surface area contributed by atoms with Crippen LogP contribution >= 0.6 is 0 Å². The van der Waals surface area contributed by atoms with Crippen LogP contribution in [0.2, 0.25) is 0 Å². The van der Waals surface area contributed by atoms with Crippen LogP contribution in [0.3, 0.4) is 0 Å². The number of hydrogen-bond donors (Lipinski definition) is 2. The minimum atomic E-state index is -0.432. The van der Waals surface area contributed by atoms with Crippen molar-refractivity contribution in [3.05, 3.63) is 24.3 Å². The molecule has 0 spiro atoms. The van der Waals surface area contributed by atoms with Gasteiger partial charge >= 0.3 is 0 Å². The van der Waals surface area contributed by atoms with Gasteiger partial charge in [0.2, 0.25) is 0 Å². The molecule has 3 nitrogen and oxygen atoms in total. The van der Waals surface area contributed by atoms with E-state index in [9.17, 15) is 5.11 Å². The molecule has 0 fully saturated rings. The Labute approximate surface area is 111 Å². The molecule has 0 heterocycles. The second kappa shape index (κ2) is 8.46. The molecule has 3 heteroatoms. The van der Waals surface area contributed by atoms with Gasteiger partial charge in [-0.05, 0) is 31.6 Å². The molecule has 0 aromatic carbocycles. The van der Waals surface area contributed by atoms with E-state index in [4.69, 9.17) is 4.74 Å². The molecule has 0 amide bonds. The predicted octanol–water partition coefficient (Wildman–Crippen LogP) is 2.13. The smallest absolute Gasteiger partial charge is 0.0897 e. The number of aliphatic hydroxyl groups excluding tert-OH is 1. The summed E-state index contributed by atoms with van der Waals surface area (Å²) in [5, 5.41) is 12.9. The molecule has 0 aromatic heterocycles. The maximum atomic E-state index is 9.73. The van der Waals surface area contributed by atoms with Gasteiger partial charge in [0.05, 0.1) is 19.3 Å². The summed E-state index contributed by atoms with van der Waals surface area (Å²) < 4.78 is 5.62. The van der Waals surface area contributed by atoms with Crippen molar-refractivity contribution in [2.45, 2.75) is 32.8 Å². The highest BCUT2D eigenvalue weighted by Crippen LogP contribution is 2.24. The van der Waals surface area contributed by atoms with E-state index in [1.54, 1.807) is 0 Å². The summed E-state index contributed by atoms with van der Waals surface area (Å²) in [4.78, 5) is 0. The normalized spacial score (nSPS) is 25.1. The molecule has 0 saturated carbocycles. The molecule has 0 radical (unpaired) electrons. The SMILES string of the molecule is C=C(C)CNCC(O)COCC1CC=CCC1C. The number of ether oxygens (including phenoxy) is 1. The average molecular weight is 253 g/mol. The summed E-state index contributed by atoms with van der Waals surface area (Å²) in [7, 11) is 0. The molecule has 0 aliphatic heterocycles. The number of allylic oxidation sites excluding steroid dienone is 2. The fourth-order valence-electron chi connectivity index (χ4n) is 2.11. The number of rotatable bonds is 8. The lowest BCUT2D eigenvalue weighted by Gasteiger charge is -2.25. The Morgan fingerprint density at radius 3 is 2.89 bits per heavy atom. The summed E-state index contributed by atoms with van der Waals surface area (Å²) in [6, 6.07) is 0. The van der Waals surface area contributed by atoms with Crippen LogP contribution in [0.1, 0.15) is 26.7 Å². The van der Waals surface area contributed by atoms with Crippen molar-refractivity contribution in [1.82, 2.24) is 5.32 Å². The average Bonchev–Trinajstić information content (AvgIpc) is 2.31. The van der Waals surface area contributed by atoms with Crippen LogP contribution in [-0.4, -0.2) is 37.5 Å². The van der Waals surface area contributed by atoms with Crippen LogP contribution in [0.4, 0.5) is 0 Å².